The van der Waals surface area contributed by atoms with E-state index in [4.69, 9.17) is 11.6 Å². The third-order valence-corrected chi connectivity index (χ3v) is 4.56. The third kappa shape index (κ3) is 3.33. The highest BCUT2D eigenvalue weighted by molar-refractivity contribution is 6.30. The van der Waals surface area contributed by atoms with Gasteiger partial charge in [0.1, 0.15) is 5.82 Å². The Kier molecular flexibility index (Phi) is 4.55. The van der Waals surface area contributed by atoms with E-state index in [1.54, 1.807) is 12.1 Å². The highest BCUT2D eigenvalue weighted by Crippen LogP contribution is 2.36. The summed E-state index contributed by atoms with van der Waals surface area (Å²) >= 11 is 5.99. The lowest BCUT2D eigenvalue weighted by Crippen LogP contribution is -1.96. The van der Waals surface area contributed by atoms with Crippen LogP contribution in [0.15, 0.2) is 72.8 Å². The number of imidazole rings is 1. The van der Waals surface area contributed by atoms with Crippen molar-refractivity contribution in [1.82, 2.24) is 9.97 Å². The summed E-state index contributed by atoms with van der Waals surface area (Å²) in [6.07, 6.45) is 0. The zero-order chi connectivity index (χ0) is 19.7. The highest BCUT2D eigenvalue weighted by atomic mass is 35.5. The molecule has 138 valence electrons. The van der Waals surface area contributed by atoms with Gasteiger partial charge in [0.05, 0.1) is 16.3 Å². The number of halogens is 1. The average molecular weight is 391 g/mol. The zero-order valence-electron chi connectivity index (χ0n) is 14.4. The van der Waals surface area contributed by atoms with E-state index < -0.39 is 4.92 Å². The highest BCUT2D eigenvalue weighted by Gasteiger charge is 2.17. The van der Waals surface area contributed by atoms with Crippen molar-refractivity contribution in [1.29, 1.82) is 0 Å². The van der Waals surface area contributed by atoms with Crippen molar-refractivity contribution >= 4 is 17.3 Å². The number of non-ortho nitro benzene ring substituents is 1. The Morgan fingerprint density at radius 1 is 0.929 bits per heavy atom. The van der Waals surface area contributed by atoms with E-state index in [-0.39, 0.29) is 22.8 Å². The van der Waals surface area contributed by atoms with Crippen LogP contribution in [0, 0.1) is 10.1 Å². The normalized spacial score (nSPS) is 10.8. The minimum Gasteiger partial charge on any atom is -0.872 e. The second-order valence-corrected chi connectivity index (χ2v) is 6.56. The Bertz CT molecular complexity index is 1160. The van der Waals surface area contributed by atoms with Gasteiger partial charge in [0.2, 0.25) is 0 Å². The molecule has 1 heterocycles. The minimum absolute atomic E-state index is 0.145. The van der Waals surface area contributed by atoms with Gasteiger partial charge in [-0.25, -0.2) is 4.98 Å². The topological polar surface area (TPSA) is 94.9 Å². The largest absolute Gasteiger partial charge is 0.872 e. The maximum Gasteiger partial charge on any atom is 0.270 e. The molecule has 0 radical (unpaired) electrons. The molecule has 0 saturated heterocycles. The average Bonchev–Trinajstić information content (AvgIpc) is 3.14. The summed E-state index contributed by atoms with van der Waals surface area (Å²) in [7, 11) is 0. The van der Waals surface area contributed by atoms with Crippen LogP contribution >= 0.6 is 11.6 Å². The van der Waals surface area contributed by atoms with Gasteiger partial charge >= 0.3 is 0 Å². The van der Waals surface area contributed by atoms with Gasteiger partial charge in [0, 0.05) is 33.8 Å². The number of nitro groups is 1. The van der Waals surface area contributed by atoms with E-state index in [0.717, 1.165) is 11.1 Å². The summed E-state index contributed by atoms with van der Waals surface area (Å²) < 4.78 is 0. The minimum atomic E-state index is -0.538. The Hall–Kier alpha value is -3.64. The molecular weight excluding hydrogens is 378 g/mol. The number of H-pyrrole nitrogens is 1. The first-order chi connectivity index (χ1) is 13.5. The molecule has 0 fully saturated rings. The molecule has 28 heavy (non-hydrogen) atoms. The Labute approximate surface area is 165 Å². The van der Waals surface area contributed by atoms with Crippen LogP contribution in [0.5, 0.6) is 5.75 Å². The molecule has 1 aromatic heterocycles. The van der Waals surface area contributed by atoms with Gasteiger partial charge in [0.25, 0.3) is 5.69 Å². The molecule has 7 heteroatoms. The fraction of sp³-hybridized carbons (Fsp3) is 0. The van der Waals surface area contributed by atoms with Crippen molar-refractivity contribution in [3.05, 3.63) is 87.9 Å². The van der Waals surface area contributed by atoms with E-state index in [0.29, 0.717) is 16.4 Å². The second-order valence-electron chi connectivity index (χ2n) is 6.12. The number of nitro benzene ring substituents is 1. The van der Waals surface area contributed by atoms with E-state index in [1.165, 1.54) is 18.2 Å². The molecule has 0 amide bonds. The van der Waals surface area contributed by atoms with Crippen molar-refractivity contribution in [2.45, 2.75) is 0 Å². The predicted octanol–water partition coefficient (Wildman–Crippen LogP) is 5.05. The van der Waals surface area contributed by atoms with Crippen molar-refractivity contribution in [3.63, 3.8) is 0 Å². The van der Waals surface area contributed by atoms with Crippen LogP contribution in [0.4, 0.5) is 5.69 Å². The van der Waals surface area contributed by atoms with Crippen LogP contribution in [-0.2, 0) is 0 Å². The summed E-state index contributed by atoms with van der Waals surface area (Å²) in [5.74, 6) is -0.0703. The fourth-order valence-electron chi connectivity index (χ4n) is 2.95. The summed E-state index contributed by atoms with van der Waals surface area (Å²) in [6.45, 7) is 0. The first-order valence-corrected chi connectivity index (χ1v) is 8.78. The Morgan fingerprint density at radius 3 is 2.32 bits per heavy atom. The van der Waals surface area contributed by atoms with Crippen LogP contribution in [0.3, 0.4) is 0 Å². The van der Waals surface area contributed by atoms with Gasteiger partial charge in [-0.3, -0.25) is 10.1 Å². The molecule has 0 aliphatic carbocycles. The SMILES string of the molecule is O=[N+]([O-])c1ccc([O-])c(-c2nc(-c3ccccc3)c(-c3ccc(Cl)cc3)[nH]2)c1. The number of rotatable bonds is 4. The lowest BCUT2D eigenvalue weighted by atomic mass is 10.1. The van der Waals surface area contributed by atoms with Crippen molar-refractivity contribution in [3.8, 4) is 39.7 Å². The van der Waals surface area contributed by atoms with Crippen molar-refractivity contribution < 1.29 is 10.0 Å². The number of hydrogen-bond donors (Lipinski definition) is 1. The molecule has 4 rings (SSSR count). The van der Waals surface area contributed by atoms with Crippen LogP contribution in [0.25, 0.3) is 33.9 Å². The smallest absolute Gasteiger partial charge is 0.270 e. The first kappa shape index (κ1) is 17.8. The monoisotopic (exact) mass is 390 g/mol. The lowest BCUT2D eigenvalue weighted by molar-refractivity contribution is -0.385. The van der Waals surface area contributed by atoms with Crippen LogP contribution in [-0.4, -0.2) is 14.9 Å². The van der Waals surface area contributed by atoms with E-state index in [2.05, 4.69) is 9.97 Å². The van der Waals surface area contributed by atoms with Gasteiger partial charge in [-0.05, 0) is 12.1 Å². The fourth-order valence-corrected chi connectivity index (χ4v) is 3.07. The number of aromatic amines is 1. The molecule has 0 bridgehead atoms. The third-order valence-electron chi connectivity index (χ3n) is 4.31. The van der Waals surface area contributed by atoms with E-state index >= 15 is 0 Å². The second kappa shape index (κ2) is 7.17. The van der Waals surface area contributed by atoms with Crippen LogP contribution in [0.1, 0.15) is 0 Å². The standard InChI is InChI=1S/C21H14ClN3O3/c22-15-8-6-14(7-9-15)20-19(13-4-2-1-3-5-13)23-21(24-20)17-12-16(25(27)28)10-11-18(17)26/h1-12,26H,(H,23,24)/p-1. The first-order valence-electron chi connectivity index (χ1n) is 8.40. The maximum absolute atomic E-state index is 12.3. The number of nitrogens with zero attached hydrogens (tertiary/aromatic N) is 2. The summed E-state index contributed by atoms with van der Waals surface area (Å²) in [6, 6.07) is 20.3. The molecule has 0 aliphatic heterocycles. The molecule has 0 spiro atoms. The lowest BCUT2D eigenvalue weighted by Gasteiger charge is -2.10. The quantitative estimate of drug-likeness (QED) is 0.389. The zero-order valence-corrected chi connectivity index (χ0v) is 15.2. The Morgan fingerprint density at radius 2 is 1.64 bits per heavy atom. The maximum atomic E-state index is 12.3. The van der Waals surface area contributed by atoms with Gasteiger partial charge in [-0.15, -0.1) is 0 Å². The number of hydrogen-bond acceptors (Lipinski definition) is 4. The number of nitrogens with one attached hydrogen (secondary N) is 1. The van der Waals surface area contributed by atoms with Gasteiger partial charge in [-0.1, -0.05) is 65.9 Å². The molecule has 0 atom stereocenters. The van der Waals surface area contributed by atoms with Crippen LogP contribution < -0.4 is 5.11 Å². The van der Waals surface area contributed by atoms with Crippen molar-refractivity contribution in [2.75, 3.05) is 0 Å². The summed E-state index contributed by atoms with van der Waals surface area (Å²) in [5, 5.41) is 24.0. The molecule has 3 aromatic carbocycles. The molecule has 4 aromatic rings. The van der Waals surface area contributed by atoms with E-state index in [1.807, 2.05) is 42.5 Å². The summed E-state index contributed by atoms with van der Waals surface area (Å²) in [4.78, 5) is 18.3. The predicted molar refractivity (Wildman–Crippen MR) is 106 cm³/mol. The molecule has 0 unspecified atom stereocenters. The van der Waals surface area contributed by atoms with Gasteiger partial charge < -0.3 is 10.1 Å². The molecule has 0 aliphatic rings. The Balaban J connectivity index is 1.92. The molecular formula is C21H13ClN3O3-. The molecule has 1 N–H and O–H groups in total. The molecule has 6 nitrogen and oxygen atoms in total. The van der Waals surface area contributed by atoms with Gasteiger partial charge in [0.15, 0.2) is 0 Å². The van der Waals surface area contributed by atoms with Crippen LogP contribution in [0.2, 0.25) is 5.02 Å². The van der Waals surface area contributed by atoms with Gasteiger partial charge in [-0.2, -0.15) is 0 Å². The van der Waals surface area contributed by atoms with E-state index in [9.17, 15) is 15.2 Å². The van der Waals surface area contributed by atoms with Crippen molar-refractivity contribution in [2.24, 2.45) is 0 Å². The molecule has 0 saturated carbocycles. The summed E-state index contributed by atoms with van der Waals surface area (Å²) in [5.41, 5.74) is 3.01. The number of benzene rings is 3. The number of aromatic nitrogens is 2.